The van der Waals surface area contributed by atoms with Crippen LogP contribution in [0.4, 0.5) is 5.69 Å². The van der Waals surface area contributed by atoms with Crippen LogP contribution in [0.3, 0.4) is 0 Å². The first-order chi connectivity index (χ1) is 59.4. The monoisotopic (exact) mass is 1730 g/mol. The lowest BCUT2D eigenvalue weighted by Crippen LogP contribution is -2.66. The molecule has 0 radical (unpaired) electrons. The van der Waals surface area contributed by atoms with E-state index in [0.29, 0.717) is 97.1 Å². The molecule has 6 aromatic rings. The highest BCUT2D eigenvalue weighted by Gasteiger charge is 2.46. The van der Waals surface area contributed by atoms with Gasteiger partial charge in [0.15, 0.2) is 5.96 Å². The number of carbonyl (C=O) groups excluding carboxylic acids is 12. The molecule has 9 rings (SSSR count). The van der Waals surface area contributed by atoms with E-state index in [2.05, 4.69) is 63.4 Å². The van der Waals surface area contributed by atoms with Crippen LogP contribution in [0.15, 0.2) is 146 Å². The molecule has 3 aliphatic rings. The first-order valence-corrected chi connectivity index (χ1v) is 42.0. The molecule has 0 aromatic heterocycles. The van der Waals surface area contributed by atoms with Gasteiger partial charge in [0.05, 0.1) is 39.2 Å². The number of carboxylic acid groups (broad SMARTS) is 2. The van der Waals surface area contributed by atoms with Gasteiger partial charge in [-0.3, -0.25) is 82.3 Å². The van der Waals surface area contributed by atoms with Crippen molar-refractivity contribution >= 4 is 117 Å². The molecule has 2 heterocycles. The summed E-state index contributed by atoms with van der Waals surface area (Å²) in [6, 6.07) is 28.0. The Labute approximate surface area is 723 Å². The third-order valence-electron chi connectivity index (χ3n) is 21.9. The van der Waals surface area contributed by atoms with E-state index in [1.165, 1.54) is 23.6 Å². The minimum atomic E-state index is -1.90. The van der Waals surface area contributed by atoms with Crippen LogP contribution in [0.5, 0.6) is 0 Å². The number of nitrogens with one attached hydrogen (secondary N) is 12. The molecule has 1 saturated carbocycles. The fourth-order valence-corrected chi connectivity index (χ4v) is 15.3. The number of benzene rings is 6. The highest BCUT2D eigenvalue weighted by atomic mass is 35.5. The smallest absolute Gasteiger partial charge is 0.304 e. The van der Waals surface area contributed by atoms with Crippen molar-refractivity contribution in [2.45, 2.75) is 183 Å². The zero-order valence-electron chi connectivity index (χ0n) is 69.5. The van der Waals surface area contributed by atoms with Crippen molar-refractivity contribution in [2.75, 3.05) is 71.0 Å². The quantitative estimate of drug-likeness (QED) is 0.0146. The van der Waals surface area contributed by atoms with Crippen molar-refractivity contribution in [2.24, 2.45) is 11.5 Å². The molecule has 1 aliphatic carbocycles. The van der Waals surface area contributed by atoms with Crippen LogP contribution in [0.2, 0.25) is 5.02 Å². The van der Waals surface area contributed by atoms with Crippen LogP contribution in [0, 0.1) is 5.41 Å². The van der Waals surface area contributed by atoms with Crippen LogP contribution in [0.1, 0.15) is 118 Å². The average Bonchev–Trinajstić information content (AvgIpc) is 1.13. The van der Waals surface area contributed by atoms with Crippen LogP contribution in [-0.4, -0.2) is 244 Å². The predicted molar refractivity (Wildman–Crippen MR) is 460 cm³/mol. The van der Waals surface area contributed by atoms with Gasteiger partial charge < -0.3 is 94.9 Å². The number of rotatable bonds is 45. The molecule has 124 heavy (non-hydrogen) atoms. The van der Waals surface area contributed by atoms with Gasteiger partial charge in [0.25, 0.3) is 0 Å². The van der Waals surface area contributed by atoms with Crippen molar-refractivity contribution < 1.29 is 87.2 Å². The second-order valence-corrected chi connectivity index (χ2v) is 32.0. The maximum Gasteiger partial charge on any atom is 0.304 e. The number of carbonyl (C=O) groups is 14. The highest BCUT2D eigenvalue weighted by molar-refractivity contribution is 6.30. The van der Waals surface area contributed by atoms with Gasteiger partial charge in [0.2, 0.25) is 70.9 Å². The van der Waals surface area contributed by atoms with Gasteiger partial charge in [-0.25, -0.2) is 0 Å². The second-order valence-electron chi connectivity index (χ2n) is 31.5. The number of halogens is 1. The van der Waals surface area contributed by atoms with Crippen LogP contribution in [-0.2, 0) is 111 Å². The van der Waals surface area contributed by atoms with E-state index in [-0.39, 0.29) is 102 Å². The van der Waals surface area contributed by atoms with Gasteiger partial charge in [0.1, 0.15) is 59.9 Å². The molecule has 12 amide bonds. The number of hydrogen-bond acceptors (Lipinski definition) is 19. The maximum absolute atomic E-state index is 15.7. The number of aliphatic carboxylic acids is 2. The highest BCUT2D eigenvalue weighted by Crippen LogP contribution is 2.31. The van der Waals surface area contributed by atoms with Gasteiger partial charge in [-0.1, -0.05) is 152 Å². The van der Waals surface area contributed by atoms with Crippen molar-refractivity contribution in [1.82, 2.24) is 67.9 Å². The minimum absolute atomic E-state index is 0.0236. The second kappa shape index (κ2) is 47.3. The minimum Gasteiger partial charge on any atom is -0.481 e. The Morgan fingerprint density at radius 1 is 0.548 bits per heavy atom. The number of aliphatic hydroxyl groups is 1. The lowest BCUT2D eigenvalue weighted by atomic mass is 9.80. The standard InChI is InChI=1S/C88H112ClN17O18/c1-54(77(90)114)94-84(121)73-18-12-38-106(73)85(122)66(17-11-37-93-87(91)92)102-86(123)88(35-9-4-10-36-88)103-83(120)71(49-57-19-21-60(22-20-57)51-105-41-43-124-44-42-105)100-80(117)70(48-59-26-31-65(32-27-59)95-55(2)108)99-82(119)72(53-107)101-81(118)68(46-56-13-5-3-6-14-56)98-79(116)69(47-58-24-29-64(89)30-25-58)97-78(115)67(50-61-23-28-62-15-7-8-16-63(62)45-61)96-74(109)52-104(39-33-75(110)111)40-34-76(112)113/h3,5-8,13-16,19-32,45,54,66-73,107H,4,9-12,17-18,33-44,46-53H2,1-2H3,(H2,90,114)(H,94,121)(H,95,108)(H,96,109)(H,97,115)(H,98,116)(H,99,119)(H,100,117)(H,101,118)(H,102,123)(H,103,120)(H,110,111)(H,112,113)(H4,91,92,93)/t54-,66+,67-,68-,69-,70+,71-,72+,73+/m1/s1. The number of guanidine groups is 1. The van der Waals surface area contributed by atoms with E-state index in [9.17, 15) is 48.9 Å². The average molecular weight is 1730 g/mol. The van der Waals surface area contributed by atoms with Crippen molar-refractivity contribution in [3.05, 3.63) is 184 Å². The van der Waals surface area contributed by atoms with Gasteiger partial charge in [-0.05, 0) is 114 Å². The number of hydrogen-bond donors (Lipinski definition) is 17. The number of nitrogens with zero attached hydrogens (tertiary/aromatic N) is 3. The Morgan fingerprint density at radius 2 is 1.03 bits per heavy atom. The number of primary amides is 1. The lowest BCUT2D eigenvalue weighted by molar-refractivity contribution is -0.144. The summed E-state index contributed by atoms with van der Waals surface area (Å²) in [5.74, 6) is -12.5. The summed E-state index contributed by atoms with van der Waals surface area (Å²) in [5, 5.41) is 70.3. The van der Waals surface area contributed by atoms with E-state index in [4.69, 9.17) is 33.2 Å². The first-order valence-electron chi connectivity index (χ1n) is 41.6. The third kappa shape index (κ3) is 30.0. The Hall–Kier alpha value is -12.4. The molecule has 35 nitrogen and oxygen atoms in total. The summed E-state index contributed by atoms with van der Waals surface area (Å²) in [6.45, 7) is 3.99. The number of morpholine rings is 1. The zero-order valence-corrected chi connectivity index (χ0v) is 70.2. The largest absolute Gasteiger partial charge is 0.481 e. The number of carboxylic acids is 2. The van der Waals surface area contributed by atoms with Crippen molar-refractivity contribution in [1.29, 1.82) is 5.41 Å². The number of fused-ring (bicyclic) bond motifs is 1. The number of ether oxygens (including phenoxy) is 1. The molecule has 2 saturated heterocycles. The van der Waals surface area contributed by atoms with Gasteiger partial charge in [-0.15, -0.1) is 0 Å². The topological polar surface area (TPSA) is 527 Å². The van der Waals surface area contributed by atoms with Crippen LogP contribution in [0.25, 0.3) is 10.8 Å². The zero-order chi connectivity index (χ0) is 89.4. The van der Waals surface area contributed by atoms with Gasteiger partial charge in [-0.2, -0.15) is 0 Å². The fourth-order valence-electron chi connectivity index (χ4n) is 15.2. The summed E-state index contributed by atoms with van der Waals surface area (Å²) in [5.41, 5.74) is 13.2. The number of anilines is 1. The Morgan fingerprint density at radius 3 is 1.57 bits per heavy atom. The van der Waals surface area contributed by atoms with E-state index >= 15 is 33.6 Å². The molecule has 0 bridgehead atoms. The molecule has 3 fully saturated rings. The van der Waals surface area contributed by atoms with Crippen LogP contribution < -0.4 is 70.0 Å². The number of nitrogens with two attached hydrogens (primary N) is 2. The molecule has 6 aromatic carbocycles. The number of aliphatic hydroxyl groups excluding tert-OH is 1. The summed E-state index contributed by atoms with van der Waals surface area (Å²) < 4.78 is 5.57. The molecular weight excluding hydrogens is 1620 g/mol. The summed E-state index contributed by atoms with van der Waals surface area (Å²) in [7, 11) is 0. The molecular formula is C88H112ClN17O18. The van der Waals surface area contributed by atoms with E-state index in [1.54, 1.807) is 97.1 Å². The summed E-state index contributed by atoms with van der Waals surface area (Å²) in [6.07, 6.45) is 0.393. The Kier molecular flexibility index (Phi) is 36.4. The third-order valence-corrected chi connectivity index (χ3v) is 22.2. The molecule has 0 spiro atoms. The number of likely N-dealkylation sites (tertiary alicyclic amines) is 1. The predicted octanol–water partition coefficient (Wildman–Crippen LogP) is 1.50. The van der Waals surface area contributed by atoms with Gasteiger partial charge >= 0.3 is 11.9 Å². The molecule has 664 valence electrons. The number of amides is 12. The fraction of sp³-hybridized carbons (Fsp3) is 0.443. The normalized spacial score (nSPS) is 16.3. The molecule has 36 heteroatoms. The van der Waals surface area contributed by atoms with Crippen molar-refractivity contribution in [3.63, 3.8) is 0 Å². The lowest BCUT2D eigenvalue weighted by Gasteiger charge is -2.39. The molecule has 2 aliphatic heterocycles. The first kappa shape index (κ1) is 95.4. The van der Waals surface area contributed by atoms with Crippen LogP contribution >= 0.6 is 11.6 Å². The SMILES string of the molecule is CC(=O)Nc1ccc(C[C@H](NC(=O)[C@H](CO)NC(=O)[C@@H](Cc2ccccc2)NC(=O)[C@@H](Cc2ccc(Cl)cc2)NC(=O)[C@@H](Cc2ccc3ccccc3c2)NC(=O)CN(CCC(=O)O)CCC(=O)O)C(=O)N[C@H](Cc2ccc(CN3CCOCC3)cc2)C(=O)NC2(C(=O)N[C@@H](CCCNC(=N)N)C(=O)N3CCC[C@H]3C(=O)N[C@H](C)C(N)=O)CCCCC2)cc1. The maximum atomic E-state index is 15.7. The van der Waals surface area contributed by atoms with E-state index in [0.717, 1.165) is 16.3 Å². The Bertz CT molecular complexity index is 4710. The molecule has 0 unspecified atom stereocenters. The van der Waals surface area contributed by atoms with E-state index in [1.807, 2.05) is 48.5 Å². The molecule has 9 atom stereocenters. The summed E-state index contributed by atoms with van der Waals surface area (Å²) in [4.78, 5) is 202. The Balaban J connectivity index is 1.01. The summed E-state index contributed by atoms with van der Waals surface area (Å²) >= 11 is 6.33. The molecule has 19 N–H and O–H groups in total. The van der Waals surface area contributed by atoms with E-state index < -0.39 is 163 Å². The van der Waals surface area contributed by atoms with Gasteiger partial charge in [0, 0.05) is 95.6 Å². The van der Waals surface area contributed by atoms with Crippen molar-refractivity contribution in [3.8, 4) is 0 Å².